The minimum absolute atomic E-state index is 0.165. The second kappa shape index (κ2) is 7.75. The van der Waals surface area contributed by atoms with Crippen molar-refractivity contribution in [2.45, 2.75) is 44.7 Å². The zero-order chi connectivity index (χ0) is 24.5. The van der Waals surface area contributed by atoms with E-state index in [2.05, 4.69) is 10.2 Å². The number of esters is 1. The second-order valence-electron chi connectivity index (χ2n) is 9.60. The van der Waals surface area contributed by atoms with E-state index in [-0.39, 0.29) is 30.4 Å². The van der Waals surface area contributed by atoms with Gasteiger partial charge in [0, 0.05) is 17.3 Å². The summed E-state index contributed by atoms with van der Waals surface area (Å²) < 4.78 is 5.03. The van der Waals surface area contributed by atoms with Crippen LogP contribution in [-0.2, 0) is 31.1 Å². The Morgan fingerprint density at radius 2 is 1.86 bits per heavy atom. The number of carbonyl (C=O) groups excluding carboxylic acids is 4. The van der Waals surface area contributed by atoms with Crippen molar-refractivity contribution in [3.8, 4) is 0 Å². The van der Waals surface area contributed by atoms with Crippen molar-refractivity contribution in [2.75, 3.05) is 23.4 Å². The number of nitrogens with one attached hydrogen (secondary N) is 1. The Hall–Kier alpha value is -3.52. The molecule has 3 saturated heterocycles. The fourth-order valence-corrected chi connectivity index (χ4v) is 6.80. The molecule has 2 aromatic carbocycles. The van der Waals surface area contributed by atoms with E-state index in [1.54, 1.807) is 31.2 Å². The molecule has 4 atom stereocenters. The maximum absolute atomic E-state index is 14.0. The number of fused-ring (bicyclic) bond motifs is 7. The molecule has 0 bridgehead atoms. The number of imide groups is 1. The van der Waals surface area contributed by atoms with E-state index in [0.29, 0.717) is 17.8 Å². The van der Waals surface area contributed by atoms with Crippen LogP contribution in [0.2, 0.25) is 0 Å². The van der Waals surface area contributed by atoms with Gasteiger partial charge in [-0.25, -0.2) is 9.69 Å². The van der Waals surface area contributed by atoms with Crippen molar-refractivity contribution in [3.63, 3.8) is 0 Å². The lowest BCUT2D eigenvalue weighted by molar-refractivity contribution is -0.135. The van der Waals surface area contributed by atoms with Crippen molar-refractivity contribution < 1.29 is 23.9 Å². The second-order valence-corrected chi connectivity index (χ2v) is 9.60. The summed E-state index contributed by atoms with van der Waals surface area (Å²) >= 11 is 0. The monoisotopic (exact) mass is 473 g/mol. The molecule has 180 valence electrons. The molecule has 4 heterocycles. The summed E-state index contributed by atoms with van der Waals surface area (Å²) in [5.41, 5.74) is 2.19. The summed E-state index contributed by atoms with van der Waals surface area (Å²) in [7, 11) is 0. The molecule has 0 aromatic heterocycles. The normalized spacial score (nSPS) is 28.9. The van der Waals surface area contributed by atoms with Crippen LogP contribution in [-0.4, -0.2) is 47.8 Å². The maximum atomic E-state index is 14.0. The van der Waals surface area contributed by atoms with Gasteiger partial charge in [0.2, 0.25) is 17.7 Å². The summed E-state index contributed by atoms with van der Waals surface area (Å²) in [6, 6.07) is 12.0. The van der Waals surface area contributed by atoms with E-state index in [4.69, 9.17) is 4.74 Å². The molecule has 35 heavy (non-hydrogen) atoms. The summed E-state index contributed by atoms with van der Waals surface area (Å²) in [5, 5.41) is 3.08. The van der Waals surface area contributed by atoms with Crippen LogP contribution in [0, 0.1) is 11.8 Å². The Morgan fingerprint density at radius 1 is 1.09 bits per heavy atom. The molecule has 8 heteroatoms. The smallest absolute Gasteiger partial charge is 0.338 e. The average molecular weight is 474 g/mol. The van der Waals surface area contributed by atoms with Crippen molar-refractivity contribution in [2.24, 2.45) is 11.8 Å². The van der Waals surface area contributed by atoms with Gasteiger partial charge in [0.15, 0.2) is 0 Å². The fourth-order valence-electron chi connectivity index (χ4n) is 6.80. The van der Waals surface area contributed by atoms with E-state index in [0.717, 1.165) is 36.1 Å². The average Bonchev–Trinajstić information content (AvgIpc) is 3.57. The van der Waals surface area contributed by atoms with Crippen LogP contribution < -0.4 is 10.2 Å². The van der Waals surface area contributed by atoms with Gasteiger partial charge in [-0.05, 0) is 62.6 Å². The zero-order valence-corrected chi connectivity index (χ0v) is 19.7. The molecular weight excluding hydrogens is 446 g/mol. The van der Waals surface area contributed by atoms with Crippen molar-refractivity contribution in [1.82, 2.24) is 4.90 Å². The van der Waals surface area contributed by atoms with Gasteiger partial charge in [0.1, 0.15) is 5.54 Å². The molecule has 4 aliphatic heterocycles. The molecule has 4 aliphatic rings. The van der Waals surface area contributed by atoms with Gasteiger partial charge in [0.25, 0.3) is 0 Å². The first-order valence-corrected chi connectivity index (χ1v) is 12.3. The predicted octanol–water partition coefficient (Wildman–Crippen LogP) is 2.86. The number of hydrogen-bond acceptors (Lipinski definition) is 6. The van der Waals surface area contributed by atoms with Gasteiger partial charge in [-0.2, -0.15) is 0 Å². The van der Waals surface area contributed by atoms with Crippen molar-refractivity contribution in [1.29, 1.82) is 0 Å². The number of anilines is 2. The number of para-hydroxylation sites is 1. The zero-order valence-electron chi connectivity index (χ0n) is 19.7. The Morgan fingerprint density at radius 3 is 2.57 bits per heavy atom. The highest BCUT2D eigenvalue weighted by molar-refractivity contribution is 6.26. The Balaban J connectivity index is 1.45. The number of rotatable bonds is 4. The first-order chi connectivity index (χ1) is 16.9. The molecule has 3 fully saturated rings. The largest absolute Gasteiger partial charge is 0.462 e. The molecule has 1 spiro atoms. The first-order valence-electron chi connectivity index (χ1n) is 12.3. The summed E-state index contributed by atoms with van der Waals surface area (Å²) in [4.78, 5) is 57.0. The maximum Gasteiger partial charge on any atom is 0.338 e. The van der Waals surface area contributed by atoms with Crippen LogP contribution in [0.15, 0.2) is 42.5 Å². The minimum atomic E-state index is -1.18. The van der Waals surface area contributed by atoms with E-state index >= 15 is 0 Å². The lowest BCUT2D eigenvalue weighted by Crippen LogP contribution is -2.54. The van der Waals surface area contributed by atoms with Crippen molar-refractivity contribution >= 4 is 35.1 Å². The van der Waals surface area contributed by atoms with Crippen molar-refractivity contribution in [3.05, 3.63) is 59.2 Å². The standard InChI is InChI=1S/C27H27N3O5/c1-3-15-7-5-8-18-22(15)28-26(34)27(18)21-20(19-9-6-14-29(19)27)23(31)30(24(21)32)17-12-10-16(11-13-17)25(33)35-4-2/h5,7-8,10-13,19-21H,3-4,6,9,14H2,1-2H3,(H,28,34)/t19-,20+,21+,27-/m0/s1. The molecule has 8 nitrogen and oxygen atoms in total. The predicted molar refractivity (Wildman–Crippen MR) is 128 cm³/mol. The fraction of sp³-hybridized carbons (Fsp3) is 0.407. The SMILES string of the molecule is CCOC(=O)c1ccc(N2C(=O)[C@@H]3[C@@H]4CCCN4[C@]4(C(=O)Nc5c(CC)cccc54)[C@H]3C2=O)cc1. The third-order valence-electron chi connectivity index (χ3n) is 8.13. The van der Waals surface area contributed by atoms with Gasteiger partial charge in [-0.15, -0.1) is 0 Å². The lowest BCUT2D eigenvalue weighted by atomic mass is 9.75. The third-order valence-corrected chi connectivity index (χ3v) is 8.13. The van der Waals surface area contributed by atoms with Crippen LogP contribution in [0.5, 0.6) is 0 Å². The first kappa shape index (κ1) is 22.0. The van der Waals surface area contributed by atoms with E-state index in [9.17, 15) is 19.2 Å². The number of nitrogens with zero attached hydrogens (tertiary/aromatic N) is 2. The van der Waals surface area contributed by atoms with Gasteiger partial charge in [-0.3, -0.25) is 19.3 Å². The van der Waals surface area contributed by atoms with E-state index in [1.807, 2.05) is 25.1 Å². The molecule has 0 aliphatic carbocycles. The topological polar surface area (TPSA) is 96.0 Å². The van der Waals surface area contributed by atoms with Gasteiger partial charge in [0.05, 0.1) is 29.7 Å². The highest BCUT2D eigenvalue weighted by Crippen LogP contribution is 2.61. The van der Waals surface area contributed by atoms with Crippen LogP contribution >= 0.6 is 0 Å². The summed E-state index contributed by atoms with van der Waals surface area (Å²) in [5.74, 6) is -2.68. The molecule has 2 aromatic rings. The highest BCUT2D eigenvalue weighted by atomic mass is 16.5. The highest BCUT2D eigenvalue weighted by Gasteiger charge is 2.74. The molecule has 0 unspecified atom stereocenters. The summed E-state index contributed by atoms with van der Waals surface area (Å²) in [6.45, 7) is 4.70. The van der Waals surface area contributed by atoms with Crippen LogP contribution in [0.4, 0.5) is 11.4 Å². The third kappa shape index (κ3) is 2.71. The number of hydrogen-bond donors (Lipinski definition) is 1. The number of aryl methyl sites for hydroxylation is 1. The molecule has 1 N–H and O–H groups in total. The minimum Gasteiger partial charge on any atom is -0.462 e. The van der Waals surface area contributed by atoms with Gasteiger partial charge >= 0.3 is 5.97 Å². The van der Waals surface area contributed by atoms with E-state index < -0.39 is 23.3 Å². The number of benzene rings is 2. The summed E-state index contributed by atoms with van der Waals surface area (Å²) in [6.07, 6.45) is 2.40. The Kier molecular flexibility index (Phi) is 4.86. The molecule has 3 amide bonds. The molecule has 0 radical (unpaired) electrons. The quantitative estimate of drug-likeness (QED) is 0.542. The lowest BCUT2D eigenvalue weighted by Gasteiger charge is -2.36. The number of carbonyl (C=O) groups is 4. The van der Waals surface area contributed by atoms with Gasteiger partial charge in [-0.1, -0.05) is 25.1 Å². The Bertz CT molecular complexity index is 1270. The molecular formula is C27H27N3O5. The number of ether oxygens (including phenoxy) is 1. The van der Waals surface area contributed by atoms with E-state index in [1.165, 1.54) is 4.90 Å². The Labute approximate surface area is 203 Å². The number of amides is 3. The van der Waals surface area contributed by atoms with Gasteiger partial charge < -0.3 is 10.1 Å². The molecule has 6 rings (SSSR count). The van der Waals surface area contributed by atoms with Crippen LogP contribution in [0.25, 0.3) is 0 Å². The van der Waals surface area contributed by atoms with Crippen LogP contribution in [0.3, 0.4) is 0 Å². The molecule has 0 saturated carbocycles. The van der Waals surface area contributed by atoms with Crippen LogP contribution in [0.1, 0.15) is 48.2 Å².